The molecule has 1 aliphatic heterocycles. The van der Waals surface area contributed by atoms with Crippen LogP contribution in [0.15, 0.2) is 30.9 Å². The monoisotopic (exact) mass is 353 g/mol. The Balaban J connectivity index is 0.00000156. The molecule has 0 amide bonds. The molecule has 23 heavy (non-hydrogen) atoms. The molecule has 2 aliphatic rings. The minimum atomic E-state index is 0. The number of rotatable bonds is 5. The van der Waals surface area contributed by atoms with Gasteiger partial charge < -0.3 is 5.32 Å². The van der Waals surface area contributed by atoms with E-state index in [1.807, 2.05) is 12.1 Å². The number of hydrogen-bond donors (Lipinski definition) is 1. The maximum absolute atomic E-state index is 6.19. The number of nitrogens with zero attached hydrogens (tertiary/aromatic N) is 4. The Hall–Kier alpha value is -1.14. The molecule has 1 atom stereocenters. The Morgan fingerprint density at radius 2 is 2.13 bits per heavy atom. The van der Waals surface area contributed by atoms with Crippen molar-refractivity contribution in [3.05, 3.63) is 41.4 Å². The Morgan fingerprint density at radius 1 is 1.26 bits per heavy atom. The summed E-state index contributed by atoms with van der Waals surface area (Å²) in [6.45, 7) is 3.18. The van der Waals surface area contributed by atoms with Gasteiger partial charge in [-0.3, -0.25) is 4.90 Å². The van der Waals surface area contributed by atoms with Gasteiger partial charge in [0.25, 0.3) is 0 Å². The summed E-state index contributed by atoms with van der Waals surface area (Å²) in [6, 6.07) is 7.45. The van der Waals surface area contributed by atoms with Crippen molar-refractivity contribution >= 4 is 24.0 Å². The fourth-order valence-corrected chi connectivity index (χ4v) is 3.46. The minimum absolute atomic E-state index is 0. The van der Waals surface area contributed by atoms with Crippen LogP contribution in [0.4, 0.5) is 0 Å². The average Bonchev–Trinajstić information content (AvgIpc) is 3.02. The molecule has 1 aromatic carbocycles. The first-order valence-corrected chi connectivity index (χ1v) is 8.29. The van der Waals surface area contributed by atoms with Gasteiger partial charge in [0.05, 0.1) is 5.69 Å². The zero-order valence-electron chi connectivity index (χ0n) is 12.9. The first-order valence-electron chi connectivity index (χ1n) is 7.91. The van der Waals surface area contributed by atoms with E-state index in [2.05, 4.69) is 26.4 Å². The quantitative estimate of drug-likeness (QED) is 0.897. The lowest BCUT2D eigenvalue weighted by Gasteiger charge is -2.29. The molecule has 2 aromatic rings. The van der Waals surface area contributed by atoms with E-state index in [-0.39, 0.29) is 12.4 Å². The van der Waals surface area contributed by atoms with Crippen molar-refractivity contribution in [2.45, 2.75) is 37.9 Å². The summed E-state index contributed by atoms with van der Waals surface area (Å²) in [7, 11) is 0. The first kappa shape index (κ1) is 16.7. The van der Waals surface area contributed by atoms with E-state index in [9.17, 15) is 0 Å². The number of hydrogen-bond acceptors (Lipinski definition) is 4. The predicted molar refractivity (Wildman–Crippen MR) is 93.5 cm³/mol. The van der Waals surface area contributed by atoms with Crippen molar-refractivity contribution in [3.8, 4) is 5.69 Å². The van der Waals surface area contributed by atoms with Crippen molar-refractivity contribution < 1.29 is 0 Å². The molecule has 1 aromatic heterocycles. The highest BCUT2D eigenvalue weighted by Crippen LogP contribution is 2.33. The van der Waals surface area contributed by atoms with Crippen LogP contribution < -0.4 is 5.32 Å². The average molecular weight is 354 g/mol. The van der Waals surface area contributed by atoms with Crippen LogP contribution in [-0.2, 0) is 6.54 Å². The zero-order chi connectivity index (χ0) is 14.9. The van der Waals surface area contributed by atoms with Gasteiger partial charge >= 0.3 is 0 Å². The summed E-state index contributed by atoms with van der Waals surface area (Å²) in [5.41, 5.74) is 2.29. The van der Waals surface area contributed by atoms with E-state index in [1.54, 1.807) is 17.3 Å². The highest BCUT2D eigenvalue weighted by atomic mass is 35.5. The van der Waals surface area contributed by atoms with E-state index >= 15 is 0 Å². The number of aromatic nitrogens is 3. The summed E-state index contributed by atoms with van der Waals surface area (Å²) < 4.78 is 1.80. The topological polar surface area (TPSA) is 46.0 Å². The lowest BCUT2D eigenvalue weighted by Crippen LogP contribution is -2.38. The van der Waals surface area contributed by atoms with E-state index in [0.29, 0.717) is 6.04 Å². The lowest BCUT2D eigenvalue weighted by atomic mass is 10.1. The Labute approximate surface area is 147 Å². The molecular formula is C16H21Cl2N5. The van der Waals surface area contributed by atoms with Gasteiger partial charge in [-0.15, -0.1) is 12.4 Å². The molecule has 0 radical (unpaired) electrons. The van der Waals surface area contributed by atoms with Gasteiger partial charge in [-0.1, -0.05) is 17.7 Å². The lowest BCUT2D eigenvalue weighted by molar-refractivity contribution is 0.188. The van der Waals surface area contributed by atoms with Crippen LogP contribution in [0, 0.1) is 0 Å². The fraction of sp³-hybridized carbons (Fsp3) is 0.500. The molecule has 1 unspecified atom stereocenters. The van der Waals surface area contributed by atoms with Crippen LogP contribution in [0.3, 0.4) is 0 Å². The van der Waals surface area contributed by atoms with Crippen molar-refractivity contribution in [2.24, 2.45) is 0 Å². The van der Waals surface area contributed by atoms with Crippen LogP contribution >= 0.6 is 24.0 Å². The van der Waals surface area contributed by atoms with Crippen molar-refractivity contribution in [1.82, 2.24) is 25.0 Å². The predicted octanol–water partition coefficient (Wildman–Crippen LogP) is 2.67. The standard InChI is InChI=1S/C16H20ClN5.ClH/c17-13-2-1-12(16(7-13)22-11-19-10-20-22)9-21(14-3-4-14)15-5-6-18-8-15;/h1-2,7,10-11,14-15,18H,3-6,8-9H2;1H. The second-order valence-corrected chi connectivity index (χ2v) is 6.60. The van der Waals surface area contributed by atoms with E-state index in [1.165, 1.54) is 24.8 Å². The number of nitrogens with one attached hydrogen (secondary N) is 1. The van der Waals surface area contributed by atoms with Gasteiger partial charge in [-0.05, 0) is 43.5 Å². The van der Waals surface area contributed by atoms with Gasteiger partial charge in [0.1, 0.15) is 12.7 Å². The zero-order valence-corrected chi connectivity index (χ0v) is 14.4. The van der Waals surface area contributed by atoms with Gasteiger partial charge in [0, 0.05) is 30.2 Å². The van der Waals surface area contributed by atoms with E-state index in [4.69, 9.17) is 11.6 Å². The molecular weight excluding hydrogens is 333 g/mol. The van der Waals surface area contributed by atoms with Gasteiger partial charge in [-0.2, -0.15) is 5.10 Å². The highest BCUT2D eigenvalue weighted by Gasteiger charge is 2.35. The van der Waals surface area contributed by atoms with Gasteiger partial charge in [0.2, 0.25) is 0 Å². The summed E-state index contributed by atoms with van der Waals surface area (Å²) in [6.07, 6.45) is 7.17. The maximum atomic E-state index is 6.19. The third-order valence-electron chi connectivity index (χ3n) is 4.59. The molecule has 2 heterocycles. The minimum Gasteiger partial charge on any atom is -0.315 e. The normalized spacial score (nSPS) is 20.7. The number of halogens is 2. The third kappa shape index (κ3) is 3.69. The Bertz CT molecular complexity index is 636. The van der Waals surface area contributed by atoms with Crippen molar-refractivity contribution in [2.75, 3.05) is 13.1 Å². The van der Waals surface area contributed by atoms with Crippen LogP contribution in [0.2, 0.25) is 5.02 Å². The molecule has 5 nitrogen and oxygen atoms in total. The number of benzene rings is 1. The second-order valence-electron chi connectivity index (χ2n) is 6.16. The Kier molecular flexibility index (Phi) is 5.21. The molecule has 0 spiro atoms. The molecule has 1 aliphatic carbocycles. The van der Waals surface area contributed by atoms with Crippen LogP contribution in [0.25, 0.3) is 5.69 Å². The van der Waals surface area contributed by atoms with Crippen molar-refractivity contribution in [3.63, 3.8) is 0 Å². The summed E-state index contributed by atoms with van der Waals surface area (Å²) in [5, 5.41) is 8.48. The maximum Gasteiger partial charge on any atom is 0.138 e. The molecule has 124 valence electrons. The SMILES string of the molecule is Cl.Clc1ccc(CN(C2CC2)C2CCNC2)c(-n2cncn2)c1. The molecule has 4 rings (SSSR count). The Morgan fingerprint density at radius 3 is 2.78 bits per heavy atom. The van der Waals surface area contributed by atoms with Crippen LogP contribution in [0.5, 0.6) is 0 Å². The van der Waals surface area contributed by atoms with Gasteiger partial charge in [-0.25, -0.2) is 9.67 Å². The van der Waals surface area contributed by atoms with E-state index in [0.717, 1.165) is 36.4 Å². The summed E-state index contributed by atoms with van der Waals surface area (Å²) >= 11 is 6.19. The fourth-order valence-electron chi connectivity index (χ4n) is 3.30. The largest absolute Gasteiger partial charge is 0.315 e. The summed E-state index contributed by atoms with van der Waals surface area (Å²) in [4.78, 5) is 6.71. The van der Waals surface area contributed by atoms with E-state index < -0.39 is 0 Å². The smallest absolute Gasteiger partial charge is 0.138 e. The first-order chi connectivity index (χ1) is 10.8. The van der Waals surface area contributed by atoms with Crippen LogP contribution in [0.1, 0.15) is 24.8 Å². The molecule has 1 saturated heterocycles. The second kappa shape index (κ2) is 7.18. The van der Waals surface area contributed by atoms with Crippen molar-refractivity contribution in [1.29, 1.82) is 0 Å². The molecule has 0 bridgehead atoms. The molecule has 2 fully saturated rings. The summed E-state index contributed by atoms with van der Waals surface area (Å²) in [5.74, 6) is 0. The molecule has 1 N–H and O–H groups in total. The molecule has 1 saturated carbocycles. The molecule has 7 heteroatoms. The van der Waals surface area contributed by atoms with Gasteiger partial charge in [0.15, 0.2) is 0 Å². The third-order valence-corrected chi connectivity index (χ3v) is 4.82. The van der Waals surface area contributed by atoms with Crippen LogP contribution in [-0.4, -0.2) is 44.8 Å². The highest BCUT2D eigenvalue weighted by molar-refractivity contribution is 6.30.